The van der Waals surface area contributed by atoms with Crippen LogP contribution in [0.15, 0.2) is 41.0 Å². The zero-order valence-electron chi connectivity index (χ0n) is 12.9. The number of aromatic nitrogens is 1. The Balaban J connectivity index is 1.46. The third-order valence-corrected chi connectivity index (χ3v) is 4.91. The topological polar surface area (TPSA) is 84.2 Å². The SMILES string of the molecule is CC(=O)Nc1ccc2nc(NC(=O)[C@H]3C[C@H]3c3ccco3)sc2c1. The van der Waals surface area contributed by atoms with E-state index in [1.54, 1.807) is 12.3 Å². The lowest BCUT2D eigenvalue weighted by molar-refractivity contribution is -0.117. The summed E-state index contributed by atoms with van der Waals surface area (Å²) >= 11 is 1.39. The fraction of sp³-hybridized carbons (Fsp3) is 0.235. The second-order valence-corrected chi connectivity index (χ2v) is 6.87. The number of thiazole rings is 1. The molecule has 6 nitrogen and oxygen atoms in total. The quantitative estimate of drug-likeness (QED) is 0.759. The van der Waals surface area contributed by atoms with Crippen LogP contribution in [0.3, 0.4) is 0 Å². The van der Waals surface area contributed by atoms with Crippen molar-refractivity contribution in [3.8, 4) is 0 Å². The number of rotatable bonds is 4. The van der Waals surface area contributed by atoms with E-state index in [2.05, 4.69) is 15.6 Å². The second kappa shape index (κ2) is 5.76. The summed E-state index contributed by atoms with van der Waals surface area (Å²) in [6, 6.07) is 9.22. The van der Waals surface area contributed by atoms with Gasteiger partial charge in [-0.25, -0.2) is 4.98 Å². The minimum Gasteiger partial charge on any atom is -0.469 e. The summed E-state index contributed by atoms with van der Waals surface area (Å²) in [6.45, 7) is 1.47. The highest BCUT2D eigenvalue weighted by Gasteiger charge is 2.46. The molecular formula is C17H15N3O3S. The molecular weight excluding hydrogens is 326 g/mol. The van der Waals surface area contributed by atoms with Gasteiger partial charge in [0.05, 0.1) is 16.5 Å². The maximum absolute atomic E-state index is 12.3. The van der Waals surface area contributed by atoms with Crippen molar-refractivity contribution in [1.82, 2.24) is 4.98 Å². The van der Waals surface area contributed by atoms with E-state index in [4.69, 9.17) is 4.42 Å². The number of hydrogen-bond acceptors (Lipinski definition) is 5. The third kappa shape index (κ3) is 2.90. The summed E-state index contributed by atoms with van der Waals surface area (Å²) in [6.07, 6.45) is 2.43. The fourth-order valence-corrected chi connectivity index (χ4v) is 3.67. The third-order valence-electron chi connectivity index (χ3n) is 3.97. The number of carbonyl (C=O) groups excluding carboxylic acids is 2. The monoisotopic (exact) mass is 341 g/mol. The van der Waals surface area contributed by atoms with Gasteiger partial charge in [0.15, 0.2) is 5.13 Å². The average molecular weight is 341 g/mol. The summed E-state index contributed by atoms with van der Waals surface area (Å²) in [5, 5.41) is 6.19. The van der Waals surface area contributed by atoms with Crippen LogP contribution in [0.25, 0.3) is 10.2 Å². The Labute approximate surface area is 141 Å². The van der Waals surface area contributed by atoms with E-state index < -0.39 is 0 Å². The Bertz CT molecular complexity index is 916. The van der Waals surface area contributed by atoms with Gasteiger partial charge in [-0.05, 0) is 36.8 Å². The Morgan fingerprint density at radius 1 is 1.29 bits per heavy atom. The standard InChI is InChI=1S/C17H15N3O3S/c1-9(21)18-10-4-5-13-15(7-10)24-17(19-13)20-16(22)12-8-11(12)14-3-2-6-23-14/h2-7,11-12H,8H2,1H3,(H,18,21)(H,19,20,22)/t11-,12+/m1/s1. The molecule has 0 radical (unpaired) electrons. The molecule has 0 aliphatic heterocycles. The summed E-state index contributed by atoms with van der Waals surface area (Å²) < 4.78 is 6.27. The van der Waals surface area contributed by atoms with Gasteiger partial charge in [0.25, 0.3) is 0 Å². The summed E-state index contributed by atoms with van der Waals surface area (Å²) in [4.78, 5) is 27.9. The Kier molecular flexibility index (Phi) is 3.57. The number of hydrogen-bond donors (Lipinski definition) is 2. The molecule has 2 N–H and O–H groups in total. The minimum absolute atomic E-state index is 0.0301. The molecule has 1 aromatic carbocycles. The first-order chi connectivity index (χ1) is 11.6. The van der Waals surface area contributed by atoms with Crippen LogP contribution >= 0.6 is 11.3 Å². The molecule has 1 aliphatic carbocycles. The van der Waals surface area contributed by atoms with E-state index in [-0.39, 0.29) is 23.7 Å². The molecule has 0 spiro atoms. The minimum atomic E-state index is -0.120. The summed E-state index contributed by atoms with van der Waals surface area (Å²) in [5.41, 5.74) is 1.51. The molecule has 2 amide bonds. The van der Waals surface area contributed by atoms with Crippen LogP contribution in [0.1, 0.15) is 25.0 Å². The van der Waals surface area contributed by atoms with Crippen molar-refractivity contribution in [3.63, 3.8) is 0 Å². The zero-order valence-corrected chi connectivity index (χ0v) is 13.7. The normalized spacial score (nSPS) is 19.2. The van der Waals surface area contributed by atoms with Gasteiger partial charge in [-0.15, -0.1) is 0 Å². The van der Waals surface area contributed by atoms with Crippen molar-refractivity contribution in [2.75, 3.05) is 10.6 Å². The fourth-order valence-electron chi connectivity index (χ4n) is 2.76. The number of furan rings is 1. The van der Waals surface area contributed by atoms with Crippen LogP contribution in [-0.4, -0.2) is 16.8 Å². The van der Waals surface area contributed by atoms with E-state index in [9.17, 15) is 9.59 Å². The van der Waals surface area contributed by atoms with E-state index in [0.717, 1.165) is 28.1 Å². The molecule has 1 saturated carbocycles. The van der Waals surface area contributed by atoms with Crippen molar-refractivity contribution >= 4 is 44.2 Å². The van der Waals surface area contributed by atoms with Gasteiger partial charge in [0.1, 0.15) is 5.76 Å². The van der Waals surface area contributed by atoms with Crippen molar-refractivity contribution in [1.29, 1.82) is 0 Å². The second-order valence-electron chi connectivity index (χ2n) is 5.84. The van der Waals surface area contributed by atoms with Crippen LogP contribution in [0, 0.1) is 5.92 Å². The molecule has 0 saturated heterocycles. The van der Waals surface area contributed by atoms with Gasteiger partial charge in [-0.2, -0.15) is 0 Å². The molecule has 3 aromatic rings. The van der Waals surface area contributed by atoms with E-state index in [1.165, 1.54) is 18.3 Å². The first-order valence-electron chi connectivity index (χ1n) is 7.62. The lowest BCUT2D eigenvalue weighted by Gasteiger charge is -1.99. The molecule has 122 valence electrons. The highest BCUT2D eigenvalue weighted by molar-refractivity contribution is 7.22. The Hall–Kier alpha value is -2.67. The van der Waals surface area contributed by atoms with Gasteiger partial charge in [-0.3, -0.25) is 9.59 Å². The largest absolute Gasteiger partial charge is 0.469 e. The Morgan fingerprint density at radius 3 is 2.92 bits per heavy atom. The van der Waals surface area contributed by atoms with Crippen molar-refractivity contribution in [3.05, 3.63) is 42.4 Å². The zero-order chi connectivity index (χ0) is 16.7. The molecule has 1 fully saturated rings. The van der Waals surface area contributed by atoms with Gasteiger partial charge in [-0.1, -0.05) is 11.3 Å². The van der Waals surface area contributed by atoms with E-state index >= 15 is 0 Å². The van der Waals surface area contributed by atoms with Crippen LogP contribution < -0.4 is 10.6 Å². The first-order valence-corrected chi connectivity index (χ1v) is 8.44. The smallest absolute Gasteiger partial charge is 0.230 e. The van der Waals surface area contributed by atoms with Crippen LogP contribution in [0.2, 0.25) is 0 Å². The molecule has 4 rings (SSSR count). The van der Waals surface area contributed by atoms with Gasteiger partial charge in [0.2, 0.25) is 11.8 Å². The highest BCUT2D eigenvalue weighted by Crippen LogP contribution is 2.48. The maximum Gasteiger partial charge on any atom is 0.230 e. The average Bonchev–Trinajstić information content (AvgIpc) is 2.97. The lowest BCUT2D eigenvalue weighted by atomic mass is 10.2. The summed E-state index contributed by atoms with van der Waals surface area (Å²) in [5.74, 6) is 0.820. The lowest BCUT2D eigenvalue weighted by Crippen LogP contribution is -2.14. The predicted octanol–water partition coefficient (Wildman–Crippen LogP) is 3.59. The number of carbonyl (C=O) groups is 2. The van der Waals surface area contributed by atoms with Crippen molar-refractivity contribution < 1.29 is 14.0 Å². The number of benzene rings is 1. The number of anilines is 2. The van der Waals surface area contributed by atoms with E-state index in [1.807, 2.05) is 24.3 Å². The Morgan fingerprint density at radius 2 is 2.17 bits per heavy atom. The number of nitrogens with one attached hydrogen (secondary N) is 2. The van der Waals surface area contributed by atoms with Gasteiger partial charge >= 0.3 is 0 Å². The molecule has 1 aliphatic rings. The molecule has 0 unspecified atom stereocenters. The first kappa shape index (κ1) is 14.9. The predicted molar refractivity (Wildman–Crippen MR) is 92.1 cm³/mol. The molecule has 2 atom stereocenters. The molecule has 7 heteroatoms. The highest BCUT2D eigenvalue weighted by atomic mass is 32.1. The van der Waals surface area contributed by atoms with Crippen molar-refractivity contribution in [2.45, 2.75) is 19.3 Å². The summed E-state index contributed by atoms with van der Waals surface area (Å²) in [7, 11) is 0. The van der Waals surface area contributed by atoms with Crippen molar-refractivity contribution in [2.24, 2.45) is 5.92 Å². The number of nitrogens with zero attached hydrogens (tertiary/aromatic N) is 1. The van der Waals surface area contributed by atoms with Crippen LogP contribution in [-0.2, 0) is 9.59 Å². The molecule has 2 aromatic heterocycles. The van der Waals surface area contributed by atoms with Gasteiger partial charge < -0.3 is 15.1 Å². The molecule has 2 heterocycles. The molecule has 24 heavy (non-hydrogen) atoms. The number of amides is 2. The maximum atomic E-state index is 12.3. The molecule has 0 bridgehead atoms. The van der Waals surface area contributed by atoms with Crippen LogP contribution in [0.5, 0.6) is 0 Å². The van der Waals surface area contributed by atoms with Gasteiger partial charge in [0, 0.05) is 24.4 Å². The number of fused-ring (bicyclic) bond motifs is 1. The van der Waals surface area contributed by atoms with Crippen LogP contribution in [0.4, 0.5) is 10.8 Å². The van der Waals surface area contributed by atoms with E-state index in [0.29, 0.717) is 5.13 Å².